The molecule has 0 unspecified atom stereocenters. The van der Waals surface area contributed by atoms with Gasteiger partial charge in [0.1, 0.15) is 0 Å². The monoisotopic (exact) mass is 233 g/mol. The van der Waals surface area contributed by atoms with Crippen molar-refractivity contribution in [2.45, 2.75) is 58.4 Å². The molecule has 1 N–H and O–H groups in total. The molecule has 0 bridgehead atoms. The summed E-state index contributed by atoms with van der Waals surface area (Å²) in [4.78, 5) is 0. The summed E-state index contributed by atoms with van der Waals surface area (Å²) in [6.07, 6.45) is 1.58. The molecule has 2 heteroatoms. The highest BCUT2D eigenvalue weighted by Gasteiger charge is 2.33. The zero-order valence-electron chi connectivity index (χ0n) is 11.2. The first kappa shape index (κ1) is 12.6. The molecule has 0 spiro atoms. The third kappa shape index (κ3) is 2.88. The van der Waals surface area contributed by atoms with E-state index in [-0.39, 0.29) is 12.2 Å². The first-order valence-electron chi connectivity index (χ1n) is 6.57. The Hall–Kier alpha value is -0.860. The highest BCUT2D eigenvalue weighted by Crippen LogP contribution is 2.34. The Morgan fingerprint density at radius 2 is 1.88 bits per heavy atom. The van der Waals surface area contributed by atoms with Crippen LogP contribution in [-0.2, 0) is 11.2 Å². The molecule has 1 aliphatic carbocycles. The smallest absolute Gasteiger partial charge is 0.0813 e. The molecular weight excluding hydrogens is 210 g/mol. The fourth-order valence-corrected chi connectivity index (χ4v) is 2.59. The van der Waals surface area contributed by atoms with E-state index in [9.17, 15) is 0 Å². The minimum absolute atomic E-state index is 0.273. The van der Waals surface area contributed by atoms with Gasteiger partial charge < -0.3 is 10.1 Å². The zero-order valence-corrected chi connectivity index (χ0v) is 11.2. The number of rotatable bonds is 4. The van der Waals surface area contributed by atoms with E-state index in [4.69, 9.17) is 4.74 Å². The molecule has 2 atom stereocenters. The summed E-state index contributed by atoms with van der Waals surface area (Å²) >= 11 is 0. The second-order valence-electron chi connectivity index (χ2n) is 5.43. The SMILES string of the molecule is CC(C)N[C@@H]1c2ccccc2C[C@@H]1OC(C)C. The van der Waals surface area contributed by atoms with Crippen LogP contribution < -0.4 is 5.32 Å². The minimum Gasteiger partial charge on any atom is -0.373 e. The van der Waals surface area contributed by atoms with Crippen molar-refractivity contribution in [2.24, 2.45) is 0 Å². The Labute approximate surface area is 104 Å². The molecule has 0 fully saturated rings. The van der Waals surface area contributed by atoms with Crippen molar-refractivity contribution in [1.29, 1.82) is 0 Å². The van der Waals surface area contributed by atoms with Crippen molar-refractivity contribution in [3.05, 3.63) is 35.4 Å². The van der Waals surface area contributed by atoms with Crippen LogP contribution in [0.3, 0.4) is 0 Å². The van der Waals surface area contributed by atoms with Crippen molar-refractivity contribution < 1.29 is 4.74 Å². The molecule has 1 aromatic rings. The normalized spacial score (nSPS) is 23.4. The maximum Gasteiger partial charge on any atom is 0.0813 e. The number of nitrogens with one attached hydrogen (secondary N) is 1. The molecule has 0 heterocycles. The van der Waals surface area contributed by atoms with Crippen molar-refractivity contribution in [3.8, 4) is 0 Å². The molecule has 0 radical (unpaired) electrons. The predicted molar refractivity (Wildman–Crippen MR) is 71.2 cm³/mol. The maximum absolute atomic E-state index is 6.04. The molecule has 0 amide bonds. The molecule has 0 aliphatic heterocycles. The maximum atomic E-state index is 6.04. The summed E-state index contributed by atoms with van der Waals surface area (Å²) in [6, 6.07) is 9.49. The Balaban J connectivity index is 2.20. The molecule has 1 aliphatic rings. The lowest BCUT2D eigenvalue weighted by Crippen LogP contribution is -2.36. The third-order valence-electron chi connectivity index (χ3n) is 3.14. The van der Waals surface area contributed by atoms with Crippen LogP contribution in [0.4, 0.5) is 0 Å². The molecular formula is C15H23NO. The molecule has 17 heavy (non-hydrogen) atoms. The number of fused-ring (bicyclic) bond motifs is 1. The van der Waals surface area contributed by atoms with Crippen LogP contribution in [0.15, 0.2) is 24.3 Å². The van der Waals surface area contributed by atoms with Gasteiger partial charge in [0.2, 0.25) is 0 Å². The zero-order chi connectivity index (χ0) is 12.4. The van der Waals surface area contributed by atoms with E-state index in [0.29, 0.717) is 12.1 Å². The van der Waals surface area contributed by atoms with E-state index >= 15 is 0 Å². The predicted octanol–water partition coefficient (Wildman–Crippen LogP) is 3.08. The standard InChI is InChI=1S/C15H23NO/c1-10(2)16-15-13-8-6-5-7-12(13)9-14(15)17-11(3)4/h5-8,10-11,14-16H,9H2,1-4H3/t14-,15+/m0/s1. The number of ether oxygens (including phenoxy) is 1. The fourth-order valence-electron chi connectivity index (χ4n) is 2.59. The van der Waals surface area contributed by atoms with E-state index in [1.807, 2.05) is 0 Å². The van der Waals surface area contributed by atoms with E-state index in [1.54, 1.807) is 0 Å². The lowest BCUT2D eigenvalue weighted by molar-refractivity contribution is -0.00834. The summed E-state index contributed by atoms with van der Waals surface area (Å²) in [5, 5.41) is 3.63. The van der Waals surface area contributed by atoms with Gasteiger partial charge in [-0.2, -0.15) is 0 Å². The van der Waals surface area contributed by atoms with Crippen LogP contribution in [0, 0.1) is 0 Å². The van der Waals surface area contributed by atoms with Gasteiger partial charge in [-0.05, 0) is 25.0 Å². The molecule has 2 nitrogen and oxygen atoms in total. The Morgan fingerprint density at radius 1 is 1.18 bits per heavy atom. The van der Waals surface area contributed by atoms with Crippen molar-refractivity contribution in [1.82, 2.24) is 5.32 Å². The van der Waals surface area contributed by atoms with E-state index in [0.717, 1.165) is 6.42 Å². The Bertz CT molecular complexity index is 373. The van der Waals surface area contributed by atoms with E-state index < -0.39 is 0 Å². The number of benzene rings is 1. The summed E-state index contributed by atoms with van der Waals surface area (Å²) in [5.74, 6) is 0. The van der Waals surface area contributed by atoms with Crippen LogP contribution in [0.25, 0.3) is 0 Å². The van der Waals surface area contributed by atoms with Gasteiger partial charge >= 0.3 is 0 Å². The number of hydrogen-bond donors (Lipinski definition) is 1. The number of hydrogen-bond acceptors (Lipinski definition) is 2. The first-order valence-corrected chi connectivity index (χ1v) is 6.57. The average Bonchev–Trinajstić information content (AvgIpc) is 2.55. The van der Waals surface area contributed by atoms with Gasteiger partial charge in [-0.1, -0.05) is 38.1 Å². The fraction of sp³-hybridized carbons (Fsp3) is 0.600. The van der Waals surface area contributed by atoms with Gasteiger partial charge in [0.05, 0.1) is 18.2 Å². The minimum atomic E-state index is 0.273. The summed E-state index contributed by atoms with van der Waals surface area (Å²) in [7, 11) is 0. The molecule has 2 rings (SSSR count). The van der Waals surface area contributed by atoms with Gasteiger partial charge in [0.25, 0.3) is 0 Å². The molecule has 1 aromatic carbocycles. The van der Waals surface area contributed by atoms with Gasteiger partial charge in [0.15, 0.2) is 0 Å². The van der Waals surface area contributed by atoms with E-state index in [2.05, 4.69) is 57.3 Å². The first-order chi connectivity index (χ1) is 8.08. The van der Waals surface area contributed by atoms with Crippen LogP contribution in [-0.4, -0.2) is 18.2 Å². The molecule has 0 saturated carbocycles. The van der Waals surface area contributed by atoms with Crippen molar-refractivity contribution in [3.63, 3.8) is 0 Å². The quantitative estimate of drug-likeness (QED) is 0.863. The topological polar surface area (TPSA) is 21.3 Å². The summed E-state index contributed by atoms with van der Waals surface area (Å²) in [5.41, 5.74) is 2.84. The highest BCUT2D eigenvalue weighted by molar-refractivity contribution is 5.36. The summed E-state index contributed by atoms with van der Waals surface area (Å²) < 4.78 is 6.04. The molecule has 0 saturated heterocycles. The van der Waals surface area contributed by atoms with Gasteiger partial charge in [0, 0.05) is 12.5 Å². The third-order valence-corrected chi connectivity index (χ3v) is 3.14. The van der Waals surface area contributed by atoms with Crippen LogP contribution >= 0.6 is 0 Å². The largest absolute Gasteiger partial charge is 0.373 e. The van der Waals surface area contributed by atoms with Gasteiger partial charge in [-0.15, -0.1) is 0 Å². The summed E-state index contributed by atoms with van der Waals surface area (Å²) in [6.45, 7) is 8.59. The van der Waals surface area contributed by atoms with Crippen LogP contribution in [0.1, 0.15) is 44.9 Å². The van der Waals surface area contributed by atoms with Gasteiger partial charge in [-0.25, -0.2) is 0 Å². The second kappa shape index (κ2) is 5.19. The Morgan fingerprint density at radius 3 is 2.53 bits per heavy atom. The van der Waals surface area contributed by atoms with E-state index in [1.165, 1.54) is 11.1 Å². The van der Waals surface area contributed by atoms with Crippen LogP contribution in [0.5, 0.6) is 0 Å². The van der Waals surface area contributed by atoms with Crippen molar-refractivity contribution >= 4 is 0 Å². The Kier molecular flexibility index (Phi) is 3.85. The molecule has 94 valence electrons. The lowest BCUT2D eigenvalue weighted by atomic mass is 10.1. The second-order valence-corrected chi connectivity index (χ2v) is 5.43. The lowest BCUT2D eigenvalue weighted by Gasteiger charge is -2.26. The van der Waals surface area contributed by atoms with Gasteiger partial charge in [-0.3, -0.25) is 0 Å². The molecule has 0 aromatic heterocycles. The van der Waals surface area contributed by atoms with Crippen molar-refractivity contribution in [2.75, 3.05) is 0 Å². The van der Waals surface area contributed by atoms with Crippen LogP contribution in [0.2, 0.25) is 0 Å². The average molecular weight is 233 g/mol. The highest BCUT2D eigenvalue weighted by atomic mass is 16.5.